The highest BCUT2D eigenvalue weighted by Gasteiger charge is 2.43. The van der Waals surface area contributed by atoms with Gasteiger partial charge in [0.05, 0.1) is 5.75 Å². The number of sulfonamides is 1. The largest absolute Gasteiger partial charge is 0.384 e. The maximum Gasteiger partial charge on any atom is 0.246 e. The molecular formula is C30H42ClN5O4S. The van der Waals surface area contributed by atoms with Gasteiger partial charge in [0, 0.05) is 12.1 Å². The van der Waals surface area contributed by atoms with Crippen LogP contribution in [0.1, 0.15) is 80.9 Å². The third-order valence-electron chi connectivity index (χ3n) is 8.13. The van der Waals surface area contributed by atoms with Crippen LogP contribution in [-0.2, 0) is 31.9 Å². The summed E-state index contributed by atoms with van der Waals surface area (Å²) in [6, 6.07) is 15.1. The number of rotatable bonds is 11. The predicted octanol–water partition coefficient (Wildman–Crippen LogP) is 3.90. The molecular weight excluding hydrogens is 562 g/mol. The minimum atomic E-state index is -3.80. The monoisotopic (exact) mass is 603 g/mol. The van der Waals surface area contributed by atoms with Crippen LogP contribution >= 0.6 is 12.4 Å². The Morgan fingerprint density at radius 3 is 2.12 bits per heavy atom. The molecule has 2 fully saturated rings. The molecule has 2 aromatic carbocycles. The number of nitrogen functional groups attached to an aromatic ring is 1. The Kier molecular flexibility index (Phi) is 11.7. The number of hydrogen-bond donors (Lipinski definition) is 5. The molecule has 2 saturated carbocycles. The summed E-state index contributed by atoms with van der Waals surface area (Å²) in [5, 5.41) is 13.6. The fourth-order valence-electron chi connectivity index (χ4n) is 5.89. The standard InChI is InChI=1S/C30H41N5O4S.ClH/c31-27(32)25-16-14-22(15-17-25)20-33-29(37)30(18-8-3-9-19-30)34-28(36)26(24-12-6-2-7-13-24)35-40(38,39)21-23-10-4-1-5-11-23;/h1,4-5,10-11,14-17,24,26,35H,2-3,6-9,12-13,18-21H2,(H3,31,32)(H,33,37)(H,34,36);1H/t26-;/m1./s1. The number of amides is 2. The topological polar surface area (TPSA) is 154 Å². The molecule has 0 heterocycles. The number of benzene rings is 2. The van der Waals surface area contributed by atoms with Gasteiger partial charge < -0.3 is 16.4 Å². The van der Waals surface area contributed by atoms with Gasteiger partial charge in [0.1, 0.15) is 17.4 Å². The van der Waals surface area contributed by atoms with E-state index in [2.05, 4.69) is 15.4 Å². The number of nitrogens with two attached hydrogens (primary N) is 1. The van der Waals surface area contributed by atoms with Crippen LogP contribution in [0.3, 0.4) is 0 Å². The van der Waals surface area contributed by atoms with Crippen LogP contribution in [0.5, 0.6) is 0 Å². The number of carbonyl (C=O) groups is 2. The van der Waals surface area contributed by atoms with Crippen LogP contribution in [0.25, 0.3) is 0 Å². The average Bonchev–Trinajstić information content (AvgIpc) is 2.96. The van der Waals surface area contributed by atoms with Crippen molar-refractivity contribution < 1.29 is 18.0 Å². The molecule has 2 amide bonds. The first-order valence-corrected chi connectivity index (χ1v) is 15.9. The average molecular weight is 604 g/mol. The molecule has 2 aliphatic rings. The van der Waals surface area contributed by atoms with E-state index in [1.54, 1.807) is 36.4 Å². The number of amidine groups is 1. The lowest BCUT2D eigenvalue weighted by molar-refractivity contribution is -0.136. The molecule has 11 heteroatoms. The van der Waals surface area contributed by atoms with Gasteiger partial charge in [0.15, 0.2) is 0 Å². The smallest absolute Gasteiger partial charge is 0.246 e. The Morgan fingerprint density at radius 2 is 1.51 bits per heavy atom. The summed E-state index contributed by atoms with van der Waals surface area (Å²) in [7, 11) is -3.80. The molecule has 41 heavy (non-hydrogen) atoms. The SMILES string of the molecule is Cl.N=C(N)c1ccc(CNC(=O)C2(NC(=O)[C@H](NS(=O)(=O)Cc3ccccc3)C3CCCCC3)CCCCC2)cc1. The maximum absolute atomic E-state index is 13.9. The van der Waals surface area contributed by atoms with Crippen LogP contribution in [0.4, 0.5) is 0 Å². The first-order valence-electron chi connectivity index (χ1n) is 14.3. The molecule has 9 nitrogen and oxygen atoms in total. The summed E-state index contributed by atoms with van der Waals surface area (Å²) in [4.78, 5) is 27.5. The number of hydrogen-bond acceptors (Lipinski definition) is 5. The van der Waals surface area contributed by atoms with Crippen molar-refractivity contribution in [3.05, 3.63) is 71.3 Å². The minimum Gasteiger partial charge on any atom is -0.384 e. The van der Waals surface area contributed by atoms with Gasteiger partial charge in [-0.2, -0.15) is 0 Å². The van der Waals surface area contributed by atoms with Crippen LogP contribution in [0.2, 0.25) is 0 Å². The van der Waals surface area contributed by atoms with E-state index in [9.17, 15) is 18.0 Å². The quantitative estimate of drug-likeness (QED) is 0.195. The summed E-state index contributed by atoms with van der Waals surface area (Å²) in [5.74, 6) is -1.04. The minimum absolute atomic E-state index is 0. The molecule has 6 N–H and O–H groups in total. The summed E-state index contributed by atoms with van der Waals surface area (Å²) in [5.41, 5.74) is 6.55. The van der Waals surface area contributed by atoms with E-state index in [0.717, 1.165) is 56.9 Å². The first kappa shape index (κ1) is 32.6. The second kappa shape index (κ2) is 14.8. The van der Waals surface area contributed by atoms with Crippen LogP contribution in [0, 0.1) is 11.3 Å². The molecule has 2 aromatic rings. The Hall–Kier alpha value is -2.95. The zero-order valence-corrected chi connectivity index (χ0v) is 25.0. The molecule has 0 radical (unpaired) electrons. The highest BCUT2D eigenvalue weighted by atomic mass is 35.5. The molecule has 4 rings (SSSR count). The highest BCUT2D eigenvalue weighted by Crippen LogP contribution is 2.31. The van der Waals surface area contributed by atoms with Crippen LogP contribution < -0.4 is 21.1 Å². The summed E-state index contributed by atoms with van der Waals surface area (Å²) in [6.07, 6.45) is 8.08. The molecule has 2 aliphatic carbocycles. The fraction of sp³-hybridized carbons (Fsp3) is 0.500. The van der Waals surface area contributed by atoms with E-state index in [0.29, 0.717) is 24.0 Å². The van der Waals surface area contributed by atoms with Crippen LogP contribution in [0.15, 0.2) is 54.6 Å². The Balaban J connectivity index is 0.00000462. The second-order valence-corrected chi connectivity index (χ2v) is 12.9. The van der Waals surface area contributed by atoms with Crippen molar-refractivity contribution in [1.82, 2.24) is 15.4 Å². The third kappa shape index (κ3) is 9.02. The molecule has 0 saturated heterocycles. The van der Waals surface area contributed by atoms with E-state index in [1.807, 2.05) is 18.2 Å². The zero-order chi connectivity index (χ0) is 28.6. The highest BCUT2D eigenvalue weighted by molar-refractivity contribution is 7.88. The zero-order valence-electron chi connectivity index (χ0n) is 23.4. The molecule has 224 valence electrons. The van der Waals surface area contributed by atoms with E-state index in [-0.39, 0.29) is 42.4 Å². The van der Waals surface area contributed by atoms with E-state index in [4.69, 9.17) is 11.1 Å². The maximum atomic E-state index is 13.9. The van der Waals surface area contributed by atoms with Crippen molar-refractivity contribution in [2.24, 2.45) is 11.7 Å². The van der Waals surface area contributed by atoms with Gasteiger partial charge in [0.2, 0.25) is 21.8 Å². The summed E-state index contributed by atoms with van der Waals surface area (Å²) in [6.45, 7) is 0.268. The normalized spacial score (nSPS) is 18.0. The van der Waals surface area contributed by atoms with Crippen molar-refractivity contribution in [2.75, 3.05) is 0 Å². The molecule has 0 unspecified atom stereocenters. The van der Waals surface area contributed by atoms with Gasteiger partial charge in [-0.3, -0.25) is 15.0 Å². The Bertz CT molecular complexity index is 1280. The van der Waals surface area contributed by atoms with Crippen molar-refractivity contribution in [1.29, 1.82) is 5.41 Å². The second-order valence-electron chi connectivity index (χ2n) is 11.2. The van der Waals surface area contributed by atoms with E-state index in [1.165, 1.54) is 0 Å². The van der Waals surface area contributed by atoms with E-state index < -0.39 is 27.5 Å². The Morgan fingerprint density at radius 1 is 0.902 bits per heavy atom. The number of nitrogens with one attached hydrogen (secondary N) is 4. The fourth-order valence-corrected chi connectivity index (χ4v) is 7.29. The van der Waals surface area contributed by atoms with Crippen molar-refractivity contribution in [3.8, 4) is 0 Å². The van der Waals surface area contributed by atoms with Crippen molar-refractivity contribution >= 4 is 40.1 Å². The molecule has 0 spiro atoms. The summed E-state index contributed by atoms with van der Waals surface area (Å²) < 4.78 is 29.1. The van der Waals surface area contributed by atoms with Crippen LogP contribution in [-0.4, -0.2) is 37.6 Å². The van der Waals surface area contributed by atoms with Crippen molar-refractivity contribution in [2.45, 2.75) is 88.1 Å². The molecule has 0 bridgehead atoms. The molecule has 0 aromatic heterocycles. The molecule has 0 aliphatic heterocycles. The third-order valence-corrected chi connectivity index (χ3v) is 9.46. The lowest BCUT2D eigenvalue weighted by Gasteiger charge is -2.39. The van der Waals surface area contributed by atoms with Gasteiger partial charge in [-0.1, -0.05) is 93.1 Å². The van der Waals surface area contributed by atoms with Gasteiger partial charge in [-0.25, -0.2) is 13.1 Å². The lowest BCUT2D eigenvalue weighted by Crippen LogP contribution is -2.63. The van der Waals surface area contributed by atoms with Gasteiger partial charge in [-0.05, 0) is 42.7 Å². The predicted molar refractivity (Wildman–Crippen MR) is 163 cm³/mol. The van der Waals surface area contributed by atoms with Gasteiger partial charge in [0.25, 0.3) is 0 Å². The summed E-state index contributed by atoms with van der Waals surface area (Å²) >= 11 is 0. The lowest BCUT2D eigenvalue weighted by atomic mass is 9.79. The molecule has 1 atom stereocenters. The van der Waals surface area contributed by atoms with E-state index >= 15 is 0 Å². The van der Waals surface area contributed by atoms with Gasteiger partial charge in [-0.15, -0.1) is 12.4 Å². The Labute approximate surface area is 249 Å². The van der Waals surface area contributed by atoms with Crippen molar-refractivity contribution in [3.63, 3.8) is 0 Å². The number of carbonyl (C=O) groups excluding carboxylic acids is 2. The first-order chi connectivity index (χ1) is 19.2. The van der Waals surface area contributed by atoms with Gasteiger partial charge >= 0.3 is 0 Å². The number of halogens is 1.